The van der Waals surface area contributed by atoms with Crippen molar-refractivity contribution >= 4 is 31.6 Å². The van der Waals surface area contributed by atoms with Gasteiger partial charge in [0.1, 0.15) is 11.2 Å². The average Bonchev–Trinajstić information content (AvgIpc) is 3.35. The molecule has 5 aromatic rings. The van der Waals surface area contributed by atoms with E-state index in [0.717, 1.165) is 52.8 Å². The number of esters is 2. The SMILES string of the molecule is CC(F)(F)CCc1ccc(-c2ccc(S(=O)(=O)C3(C(=O)OC(C)(C)C)CCN(Cc4ccccc4)CC3)cc2)cc1.CC(F)(F)CCc1ccc(-c2ccc(S(=O)(=O)C3(C(=O)OC(C)(C)C)CCNCC3)cc2)cc1. The van der Waals surface area contributed by atoms with E-state index >= 15 is 0 Å². The third-order valence-electron chi connectivity index (χ3n) is 13.5. The van der Waals surface area contributed by atoms with Crippen molar-refractivity contribution in [2.45, 2.75) is 156 Å². The van der Waals surface area contributed by atoms with Gasteiger partial charge >= 0.3 is 11.9 Å². The first-order valence-corrected chi connectivity index (χ1v) is 28.5. The number of benzene rings is 5. The van der Waals surface area contributed by atoms with Crippen LogP contribution in [0.25, 0.3) is 22.3 Å². The van der Waals surface area contributed by atoms with Crippen LogP contribution in [-0.4, -0.2) is 92.4 Å². The van der Waals surface area contributed by atoms with E-state index in [1.54, 1.807) is 90.1 Å². The van der Waals surface area contributed by atoms with Crippen LogP contribution in [0.3, 0.4) is 0 Å². The van der Waals surface area contributed by atoms with Crippen LogP contribution in [0.1, 0.15) is 111 Å². The van der Waals surface area contributed by atoms with E-state index < -0.39 is 64.2 Å². The largest absolute Gasteiger partial charge is 0.459 e. The van der Waals surface area contributed by atoms with Crippen LogP contribution in [0.5, 0.6) is 0 Å². The van der Waals surface area contributed by atoms with E-state index in [2.05, 4.69) is 10.2 Å². The van der Waals surface area contributed by atoms with Crippen LogP contribution in [0, 0.1) is 0 Å². The molecule has 2 aliphatic rings. The molecule has 0 unspecified atom stereocenters. The number of likely N-dealkylation sites (tertiary alicyclic amines) is 1. The van der Waals surface area contributed by atoms with Gasteiger partial charge in [0.15, 0.2) is 29.2 Å². The van der Waals surface area contributed by atoms with E-state index in [0.29, 0.717) is 32.7 Å². The lowest BCUT2D eigenvalue weighted by atomic mass is 9.95. The fraction of sp³-hybridized carbons (Fsp3) is 0.458. The minimum atomic E-state index is -4.09. The maximum atomic E-state index is 14.2. The molecule has 2 saturated heterocycles. The number of hydrogen-bond acceptors (Lipinski definition) is 10. The lowest BCUT2D eigenvalue weighted by Crippen LogP contribution is -2.56. The van der Waals surface area contributed by atoms with Crippen molar-refractivity contribution in [1.82, 2.24) is 10.2 Å². The Kier molecular flexibility index (Phi) is 18.4. The number of ether oxygens (including phenoxy) is 2. The molecule has 5 aromatic carbocycles. The second-order valence-corrected chi connectivity index (χ2v) is 26.6. The fourth-order valence-corrected chi connectivity index (χ4v) is 13.1. The summed E-state index contributed by atoms with van der Waals surface area (Å²) < 4.78 is 116. The second-order valence-electron chi connectivity index (χ2n) is 22.1. The zero-order valence-corrected chi connectivity index (χ0v) is 46.0. The van der Waals surface area contributed by atoms with Crippen LogP contribution in [-0.2, 0) is 58.1 Å². The quantitative estimate of drug-likeness (QED) is 0.0751. The number of alkyl halides is 4. The number of nitrogens with zero attached hydrogens (tertiary/aromatic N) is 1. The van der Waals surface area contributed by atoms with Crippen LogP contribution in [0.4, 0.5) is 17.6 Å². The van der Waals surface area contributed by atoms with Gasteiger partial charge < -0.3 is 14.8 Å². The first-order valence-electron chi connectivity index (χ1n) is 25.5. The number of nitrogens with one attached hydrogen (secondary N) is 1. The second kappa shape index (κ2) is 23.4. The minimum Gasteiger partial charge on any atom is -0.459 e. The number of rotatable bonds is 16. The minimum absolute atomic E-state index is 0.0745. The van der Waals surface area contributed by atoms with Crippen molar-refractivity contribution < 1.29 is 53.5 Å². The number of carbonyl (C=O) groups excluding carboxylic acids is 2. The fourth-order valence-electron chi connectivity index (χ4n) is 9.21. The third-order valence-corrected chi connectivity index (χ3v) is 18.5. The summed E-state index contributed by atoms with van der Waals surface area (Å²) in [6, 6.07) is 37.5. The summed E-state index contributed by atoms with van der Waals surface area (Å²) in [6.07, 6.45) is 0.678. The summed E-state index contributed by atoms with van der Waals surface area (Å²) in [7, 11) is -8.10. The number of aryl methyl sites for hydroxylation is 2. The molecule has 2 heterocycles. The monoisotopic (exact) mass is 1080 g/mol. The highest BCUT2D eigenvalue weighted by Gasteiger charge is 2.56. The van der Waals surface area contributed by atoms with Gasteiger partial charge in [-0.3, -0.25) is 14.5 Å². The van der Waals surface area contributed by atoms with E-state index in [4.69, 9.17) is 9.47 Å². The van der Waals surface area contributed by atoms with E-state index in [1.807, 2.05) is 66.7 Å². The normalized spacial score (nSPS) is 16.5. The van der Waals surface area contributed by atoms with E-state index in [-0.39, 0.29) is 61.2 Å². The lowest BCUT2D eigenvalue weighted by molar-refractivity contribution is -0.160. The Balaban J connectivity index is 0.000000248. The van der Waals surface area contributed by atoms with E-state index in [1.165, 1.54) is 12.1 Å². The van der Waals surface area contributed by atoms with Gasteiger partial charge in [-0.1, -0.05) is 103 Å². The van der Waals surface area contributed by atoms with Crippen LogP contribution in [0.15, 0.2) is 137 Å². The van der Waals surface area contributed by atoms with Gasteiger partial charge in [-0.2, -0.15) is 0 Å². The Hall–Kier alpha value is -5.42. The van der Waals surface area contributed by atoms with Gasteiger partial charge in [0.05, 0.1) is 9.79 Å². The maximum absolute atomic E-state index is 14.2. The Labute approximate surface area is 441 Å². The molecule has 0 spiro atoms. The molecule has 75 heavy (non-hydrogen) atoms. The van der Waals surface area contributed by atoms with Crippen LogP contribution in [0.2, 0.25) is 0 Å². The van der Waals surface area contributed by atoms with Crippen molar-refractivity contribution in [3.8, 4) is 22.3 Å². The zero-order chi connectivity index (χ0) is 55.1. The highest BCUT2D eigenvalue weighted by atomic mass is 32.2. The Morgan fingerprint density at radius 3 is 1.16 bits per heavy atom. The molecule has 10 nitrogen and oxygen atoms in total. The molecule has 406 valence electrons. The van der Waals surface area contributed by atoms with Crippen LogP contribution < -0.4 is 5.32 Å². The van der Waals surface area contributed by atoms with Gasteiger partial charge in [0.25, 0.3) is 0 Å². The highest BCUT2D eigenvalue weighted by Crippen LogP contribution is 2.40. The lowest BCUT2D eigenvalue weighted by Gasteiger charge is -2.40. The summed E-state index contributed by atoms with van der Waals surface area (Å²) in [5, 5.41) is 3.12. The predicted molar refractivity (Wildman–Crippen MR) is 286 cm³/mol. The molecule has 2 aliphatic heterocycles. The topological polar surface area (TPSA) is 136 Å². The van der Waals surface area contributed by atoms with Crippen molar-refractivity contribution in [1.29, 1.82) is 0 Å². The van der Waals surface area contributed by atoms with Crippen molar-refractivity contribution in [2.75, 3.05) is 26.2 Å². The Bertz CT molecular complexity index is 2910. The highest BCUT2D eigenvalue weighted by molar-refractivity contribution is 7.94. The van der Waals surface area contributed by atoms with Gasteiger partial charge in [-0.25, -0.2) is 34.4 Å². The van der Waals surface area contributed by atoms with Gasteiger partial charge in [-0.15, -0.1) is 0 Å². The third kappa shape index (κ3) is 15.4. The van der Waals surface area contributed by atoms with E-state index in [9.17, 15) is 44.0 Å². The molecule has 0 bridgehead atoms. The van der Waals surface area contributed by atoms with Gasteiger partial charge in [0.2, 0.25) is 11.8 Å². The first kappa shape index (κ1) is 58.8. The van der Waals surface area contributed by atoms with Crippen molar-refractivity contribution in [3.05, 3.63) is 144 Å². The number of hydrogen-bond donors (Lipinski definition) is 1. The number of halogens is 4. The smallest absolute Gasteiger partial charge is 0.328 e. The molecule has 0 atom stereocenters. The van der Waals surface area contributed by atoms with Crippen LogP contribution >= 0.6 is 0 Å². The molecule has 0 aromatic heterocycles. The predicted octanol–water partition coefficient (Wildman–Crippen LogP) is 12.3. The molecular weight excluding hydrogens is 1000 g/mol. The first-order chi connectivity index (χ1) is 34.9. The van der Waals surface area contributed by atoms with Gasteiger partial charge in [0, 0.05) is 32.5 Å². The summed E-state index contributed by atoms with van der Waals surface area (Å²) >= 11 is 0. The summed E-state index contributed by atoms with van der Waals surface area (Å²) in [5.41, 5.74) is 4.41. The Morgan fingerprint density at radius 2 is 0.827 bits per heavy atom. The molecule has 1 N–H and O–H groups in total. The average molecular weight is 1080 g/mol. The summed E-state index contributed by atoms with van der Waals surface area (Å²) in [6.45, 7) is 14.6. The number of carbonyl (C=O) groups is 2. The maximum Gasteiger partial charge on any atom is 0.328 e. The molecule has 2 fully saturated rings. The molecule has 7 rings (SSSR count). The molecule has 0 radical (unpaired) electrons. The molecule has 16 heteroatoms. The zero-order valence-electron chi connectivity index (χ0n) is 44.4. The standard InChI is InChI=1S/C33H39F2NO4S.C26H33F2NO4S/c1-31(2,3)40-30(37)33(20-22-36(23-21-33)24-26-8-6-5-7-9-26)41(38,39)29-16-14-28(15-17-29)27-12-10-25(11-13-27)18-19-32(4,34)35;1-24(2,3)33-23(30)26(15-17-29-18-16-26)34(31,32)22-11-9-21(10-12-22)20-7-5-19(6-8-20)13-14-25(4,27)28/h5-17H,18-24H2,1-4H3;5-12,29H,13-18H2,1-4H3. The molecule has 0 amide bonds. The van der Waals surface area contributed by atoms with Gasteiger partial charge in [-0.05, 0) is 170 Å². The molecule has 0 saturated carbocycles. The molecular formula is C59H72F4N2O8S2. The Morgan fingerprint density at radius 1 is 0.493 bits per heavy atom. The molecule has 0 aliphatic carbocycles. The summed E-state index contributed by atoms with van der Waals surface area (Å²) in [5.74, 6) is -6.83. The summed E-state index contributed by atoms with van der Waals surface area (Å²) in [4.78, 5) is 29.0. The van der Waals surface area contributed by atoms with Crippen molar-refractivity contribution in [3.63, 3.8) is 0 Å². The van der Waals surface area contributed by atoms with Crippen molar-refractivity contribution in [2.24, 2.45) is 0 Å². The number of sulfone groups is 2. The number of piperidine rings is 2.